The van der Waals surface area contributed by atoms with Gasteiger partial charge in [0.2, 0.25) is 0 Å². The Hall–Kier alpha value is -3.62. The third-order valence-corrected chi connectivity index (χ3v) is 9.46. The van der Waals surface area contributed by atoms with Crippen molar-refractivity contribution >= 4 is 41.1 Å². The summed E-state index contributed by atoms with van der Waals surface area (Å²) in [5.41, 5.74) is 0.622. The van der Waals surface area contributed by atoms with Crippen LogP contribution < -0.4 is 4.74 Å². The molecule has 4 heterocycles. The van der Waals surface area contributed by atoms with E-state index < -0.39 is 41.3 Å². The van der Waals surface area contributed by atoms with Crippen molar-refractivity contribution in [2.75, 3.05) is 27.2 Å². The highest BCUT2D eigenvalue weighted by molar-refractivity contribution is 7.10. The van der Waals surface area contributed by atoms with Crippen LogP contribution in [0.5, 0.6) is 5.75 Å². The molecule has 0 bridgehead atoms. The summed E-state index contributed by atoms with van der Waals surface area (Å²) in [4.78, 5) is 41.2. The first-order valence-electron chi connectivity index (χ1n) is 16.4. The number of pyridine rings is 1. The van der Waals surface area contributed by atoms with E-state index in [0.717, 1.165) is 66.4 Å². The molecule has 1 fully saturated rings. The fourth-order valence-corrected chi connectivity index (χ4v) is 6.47. The molecule has 0 spiro atoms. The third-order valence-electron chi connectivity index (χ3n) is 8.14. The molecule has 0 saturated carbocycles. The molecular weight excluding hydrogens is 717 g/mol. The second-order valence-electron chi connectivity index (χ2n) is 12.2. The standard InChI is InChI=1S/C14H15F3N2O2.C12H14ClNO2.C7H8F2OS.C3H8/c1-9-10(8-20)4-3-7-19(9)13(21)12-11(14(15,16)17)5-2-6-18-12;1-14-5-4-8-6-9(13)2-3-10(8)11(14)7-12(15)16;1-7(8,9)6-3-5(10-2)4-11-6;1-3-2/h2,5-6,8-10H,3-4,7H2,1H3;2-3,6,11H,4-5,7H2,1H3,(H,15,16);3-4H,1-2H3;3H2,1-2H3/t9?,10-;;;/m0.../s1. The number of hydrogen-bond donors (Lipinski definition) is 1. The number of carbonyl (C=O) groups excluding carboxylic acids is 2. The van der Waals surface area contributed by atoms with Crippen molar-refractivity contribution in [2.24, 2.45) is 5.92 Å². The van der Waals surface area contributed by atoms with Crippen LogP contribution in [0.4, 0.5) is 22.0 Å². The number of likely N-dealkylation sites (N-methyl/N-ethyl adjacent to an activating group) is 1. The van der Waals surface area contributed by atoms with Gasteiger partial charge in [-0.1, -0.05) is 37.9 Å². The van der Waals surface area contributed by atoms with E-state index >= 15 is 0 Å². The van der Waals surface area contributed by atoms with Crippen molar-refractivity contribution in [1.29, 1.82) is 0 Å². The summed E-state index contributed by atoms with van der Waals surface area (Å²) in [6.07, 6.45) is 0.841. The summed E-state index contributed by atoms with van der Waals surface area (Å²) in [6.45, 7) is 8.01. The van der Waals surface area contributed by atoms with Gasteiger partial charge in [0.05, 0.1) is 24.0 Å². The van der Waals surface area contributed by atoms with Gasteiger partial charge in [0.25, 0.3) is 11.8 Å². The molecule has 2 unspecified atom stereocenters. The number of benzene rings is 1. The van der Waals surface area contributed by atoms with E-state index in [-0.39, 0.29) is 23.3 Å². The van der Waals surface area contributed by atoms with E-state index in [9.17, 15) is 36.3 Å². The summed E-state index contributed by atoms with van der Waals surface area (Å²) in [7, 11) is 3.42. The van der Waals surface area contributed by atoms with Gasteiger partial charge in [-0.2, -0.15) is 13.2 Å². The number of rotatable bonds is 6. The van der Waals surface area contributed by atoms with E-state index in [1.807, 2.05) is 25.2 Å². The van der Waals surface area contributed by atoms with Gasteiger partial charge in [-0.25, -0.2) is 8.78 Å². The third kappa shape index (κ3) is 12.8. The van der Waals surface area contributed by atoms with Crippen molar-refractivity contribution < 1.29 is 46.2 Å². The lowest BCUT2D eigenvalue weighted by molar-refractivity contribution is -0.139. The second-order valence-corrected chi connectivity index (χ2v) is 13.6. The molecule has 1 aromatic carbocycles. The lowest BCUT2D eigenvalue weighted by Crippen LogP contribution is -2.48. The van der Waals surface area contributed by atoms with Crippen LogP contribution in [0, 0.1) is 5.92 Å². The molecule has 1 amide bonds. The van der Waals surface area contributed by atoms with Crippen LogP contribution in [0.3, 0.4) is 0 Å². The molecule has 0 aliphatic carbocycles. The Bertz CT molecular complexity index is 1580. The fraction of sp³-hybridized carbons (Fsp3) is 0.500. The number of carboxylic acids is 1. The van der Waals surface area contributed by atoms with Crippen LogP contribution in [0.2, 0.25) is 5.02 Å². The van der Waals surface area contributed by atoms with Crippen molar-refractivity contribution in [3.63, 3.8) is 0 Å². The number of nitrogens with zero attached hydrogens (tertiary/aromatic N) is 3. The molecular formula is C36H45ClF5N3O5S. The number of hydrogen-bond acceptors (Lipinski definition) is 7. The number of carboxylic acid groups (broad SMARTS) is 1. The maximum Gasteiger partial charge on any atom is 0.418 e. The average molecular weight is 762 g/mol. The SMILES string of the molecule is CC1[C@H](C=O)CCCN1C(=O)c1ncccc1C(F)(F)F.CCC.CN1CCc2cc(Cl)ccc2C1CC(=O)O.COc1csc(C(C)(F)F)c1. The zero-order valence-corrected chi connectivity index (χ0v) is 31.0. The maximum atomic E-state index is 12.9. The molecule has 2 aromatic heterocycles. The molecule has 0 radical (unpaired) electrons. The molecule has 2 aliphatic rings. The molecule has 5 rings (SSSR count). The molecule has 282 valence electrons. The van der Waals surface area contributed by atoms with Gasteiger partial charge in [0.15, 0.2) is 0 Å². The van der Waals surface area contributed by atoms with Gasteiger partial charge in [-0.05, 0) is 68.6 Å². The first kappa shape index (κ1) is 43.5. The summed E-state index contributed by atoms with van der Waals surface area (Å²) in [5.74, 6) is -4.14. The molecule has 15 heteroatoms. The quantitative estimate of drug-likeness (QED) is 0.198. The number of aliphatic carboxylic acids is 1. The number of fused-ring (bicyclic) bond motifs is 1. The molecule has 3 aromatic rings. The number of aromatic nitrogens is 1. The fourth-order valence-electron chi connectivity index (χ4n) is 5.48. The molecule has 1 N–H and O–H groups in total. The molecule has 2 aliphatic heterocycles. The normalized spacial score (nSPS) is 18.7. The maximum absolute atomic E-state index is 12.9. The smallest absolute Gasteiger partial charge is 0.418 e. The van der Waals surface area contributed by atoms with Crippen LogP contribution in [-0.2, 0) is 28.1 Å². The highest BCUT2D eigenvalue weighted by atomic mass is 35.5. The van der Waals surface area contributed by atoms with Crippen LogP contribution in [0.1, 0.15) is 91.5 Å². The van der Waals surface area contributed by atoms with Crippen molar-refractivity contribution in [3.05, 3.63) is 80.3 Å². The van der Waals surface area contributed by atoms with Crippen molar-refractivity contribution in [2.45, 2.75) is 84.0 Å². The van der Waals surface area contributed by atoms with E-state index in [1.54, 1.807) is 12.3 Å². The molecule has 8 nitrogen and oxygen atoms in total. The summed E-state index contributed by atoms with van der Waals surface area (Å²) in [5, 5.41) is 11.2. The Morgan fingerprint density at radius 3 is 2.33 bits per heavy atom. The highest BCUT2D eigenvalue weighted by Crippen LogP contribution is 2.35. The molecule has 51 heavy (non-hydrogen) atoms. The minimum Gasteiger partial charge on any atom is -0.496 e. The number of alkyl halides is 5. The predicted octanol–water partition coefficient (Wildman–Crippen LogP) is 9.17. The lowest BCUT2D eigenvalue weighted by Gasteiger charge is -2.37. The largest absolute Gasteiger partial charge is 0.496 e. The summed E-state index contributed by atoms with van der Waals surface area (Å²) >= 11 is 6.94. The van der Waals surface area contributed by atoms with Crippen LogP contribution in [-0.4, -0.2) is 71.3 Å². The number of halogens is 6. The molecule has 3 atom stereocenters. The topological polar surface area (TPSA) is 100 Å². The lowest BCUT2D eigenvalue weighted by atomic mass is 9.91. The van der Waals surface area contributed by atoms with Gasteiger partial charge < -0.3 is 19.5 Å². The number of thiophene rings is 1. The van der Waals surface area contributed by atoms with Crippen molar-refractivity contribution in [3.8, 4) is 5.75 Å². The van der Waals surface area contributed by atoms with E-state index in [4.69, 9.17) is 21.4 Å². The summed E-state index contributed by atoms with van der Waals surface area (Å²) < 4.78 is 68.7. The number of piperidine rings is 1. The molecule has 1 saturated heterocycles. The van der Waals surface area contributed by atoms with E-state index in [1.165, 1.54) is 30.1 Å². The van der Waals surface area contributed by atoms with Gasteiger partial charge in [-0.15, -0.1) is 11.3 Å². The first-order chi connectivity index (χ1) is 23.9. The van der Waals surface area contributed by atoms with Gasteiger partial charge in [0.1, 0.15) is 17.7 Å². The number of amides is 1. The number of ether oxygens (including phenoxy) is 1. The van der Waals surface area contributed by atoms with Gasteiger partial charge >= 0.3 is 12.1 Å². The Kier molecular flexibility index (Phi) is 16.9. The Labute approximate surface area is 304 Å². The van der Waals surface area contributed by atoms with E-state index in [2.05, 4.69) is 23.7 Å². The average Bonchev–Trinajstić information content (AvgIpc) is 3.57. The second kappa shape index (κ2) is 19.8. The number of carbonyl (C=O) groups is 3. The predicted molar refractivity (Wildman–Crippen MR) is 188 cm³/mol. The van der Waals surface area contributed by atoms with Crippen LogP contribution in [0.15, 0.2) is 48.0 Å². The monoisotopic (exact) mass is 761 g/mol. The van der Waals surface area contributed by atoms with Crippen LogP contribution in [0.25, 0.3) is 0 Å². The number of likely N-dealkylation sites (tertiary alicyclic amines) is 1. The summed E-state index contributed by atoms with van der Waals surface area (Å²) in [6, 6.07) is 8.60. The Balaban J connectivity index is 0.000000266. The minimum absolute atomic E-state index is 0.0292. The Morgan fingerprint density at radius 2 is 1.80 bits per heavy atom. The van der Waals surface area contributed by atoms with Crippen LogP contribution >= 0.6 is 22.9 Å². The highest BCUT2D eigenvalue weighted by Gasteiger charge is 2.39. The number of aldehydes is 1. The van der Waals surface area contributed by atoms with Crippen molar-refractivity contribution in [1.82, 2.24) is 14.8 Å². The first-order valence-corrected chi connectivity index (χ1v) is 17.6. The zero-order chi connectivity index (χ0) is 38.5. The Morgan fingerprint density at radius 1 is 1.14 bits per heavy atom. The van der Waals surface area contributed by atoms with E-state index in [0.29, 0.717) is 25.1 Å². The van der Waals surface area contributed by atoms with Gasteiger partial charge in [0, 0.05) is 60.7 Å². The number of methoxy groups -OCH3 is 1. The zero-order valence-electron chi connectivity index (χ0n) is 29.5. The minimum atomic E-state index is -4.64. The van der Waals surface area contributed by atoms with Gasteiger partial charge in [-0.3, -0.25) is 19.5 Å².